The number of nitrogens with two attached hydrogens (primary N) is 1. The van der Waals surface area contributed by atoms with Crippen molar-refractivity contribution in [2.45, 2.75) is 59.4 Å². The molecule has 4 unspecified atom stereocenters. The normalized spacial score (nSPS) is 25.1. The Morgan fingerprint density at radius 2 is 1.86 bits per heavy atom. The van der Waals surface area contributed by atoms with Gasteiger partial charge in [0.15, 0.2) is 0 Å². The molecule has 3 N–H and O–H groups in total. The molecule has 1 rings (SSSR count). The van der Waals surface area contributed by atoms with Crippen LogP contribution in [0.15, 0.2) is 0 Å². The van der Waals surface area contributed by atoms with Crippen LogP contribution in [0, 0.1) is 17.8 Å². The minimum atomic E-state index is -0.362. The lowest BCUT2D eigenvalue weighted by atomic mass is 9.92. The quantitative estimate of drug-likeness (QED) is 0.671. The van der Waals surface area contributed by atoms with E-state index in [0.29, 0.717) is 0 Å². The third-order valence-corrected chi connectivity index (χ3v) is 4.70. The molecule has 0 aromatic heterocycles. The number of unbranched alkanes of at least 4 members (excludes halogenated alkanes) is 1. The summed E-state index contributed by atoms with van der Waals surface area (Å²) in [5, 5.41) is 2.97. The molecule has 4 nitrogen and oxygen atoms in total. The third kappa shape index (κ3) is 7.80. The van der Waals surface area contributed by atoms with Gasteiger partial charge in [-0.1, -0.05) is 34.1 Å². The van der Waals surface area contributed by atoms with E-state index in [4.69, 9.17) is 5.73 Å². The minimum Gasteiger partial charge on any atom is -0.355 e. The molecule has 1 heterocycles. The standard InChI is InChI=1S/C17H35N3O.ClH/c1-5-15(4)16(18)17(21)19-8-6-7-9-20-11-13(2)10-14(3)12-20;/h13-16H,5-12,18H2,1-4H3,(H,19,21);1H. The first-order chi connectivity index (χ1) is 9.93. The highest BCUT2D eigenvalue weighted by atomic mass is 35.5. The van der Waals surface area contributed by atoms with E-state index in [2.05, 4.69) is 31.0 Å². The number of hydrogen-bond donors (Lipinski definition) is 2. The van der Waals surface area contributed by atoms with Gasteiger partial charge in [-0.2, -0.15) is 0 Å². The maximum atomic E-state index is 11.8. The van der Waals surface area contributed by atoms with Crippen molar-refractivity contribution in [3.63, 3.8) is 0 Å². The first-order valence-corrected chi connectivity index (χ1v) is 8.69. The van der Waals surface area contributed by atoms with Crippen LogP contribution >= 0.6 is 12.4 Å². The Kier molecular flexibility index (Phi) is 11.1. The van der Waals surface area contributed by atoms with Crippen molar-refractivity contribution >= 4 is 18.3 Å². The van der Waals surface area contributed by atoms with Crippen LogP contribution < -0.4 is 11.1 Å². The van der Waals surface area contributed by atoms with Crippen LogP contribution in [0.1, 0.15) is 53.4 Å². The molecular weight excluding hydrogens is 298 g/mol. The molecule has 5 heteroatoms. The molecule has 132 valence electrons. The second-order valence-corrected chi connectivity index (χ2v) is 7.12. The minimum absolute atomic E-state index is 0. The van der Waals surface area contributed by atoms with Crippen molar-refractivity contribution in [3.8, 4) is 0 Å². The second kappa shape index (κ2) is 11.3. The molecule has 4 atom stereocenters. The lowest BCUT2D eigenvalue weighted by molar-refractivity contribution is -0.123. The summed E-state index contributed by atoms with van der Waals surface area (Å²) in [5.74, 6) is 1.90. The maximum absolute atomic E-state index is 11.8. The topological polar surface area (TPSA) is 58.4 Å². The highest BCUT2D eigenvalue weighted by Crippen LogP contribution is 2.20. The summed E-state index contributed by atoms with van der Waals surface area (Å²) in [5.41, 5.74) is 5.91. The summed E-state index contributed by atoms with van der Waals surface area (Å²) in [6.45, 7) is 13.2. The van der Waals surface area contributed by atoms with E-state index in [1.807, 2.05) is 6.92 Å². The molecule has 1 saturated heterocycles. The molecule has 0 bridgehead atoms. The molecule has 1 aliphatic rings. The molecule has 0 aromatic carbocycles. The van der Waals surface area contributed by atoms with Gasteiger partial charge >= 0.3 is 0 Å². The Morgan fingerprint density at radius 3 is 2.41 bits per heavy atom. The third-order valence-electron chi connectivity index (χ3n) is 4.70. The Bertz CT molecular complexity index is 304. The van der Waals surface area contributed by atoms with E-state index in [0.717, 1.165) is 44.2 Å². The van der Waals surface area contributed by atoms with Crippen molar-refractivity contribution in [2.24, 2.45) is 23.5 Å². The first kappa shape index (κ1) is 21.7. The molecule has 0 radical (unpaired) electrons. The Balaban J connectivity index is 0.00000441. The number of carbonyl (C=O) groups excluding carboxylic acids is 1. The van der Waals surface area contributed by atoms with Crippen molar-refractivity contribution in [1.29, 1.82) is 0 Å². The van der Waals surface area contributed by atoms with Crippen LogP contribution in [0.3, 0.4) is 0 Å². The fourth-order valence-corrected chi connectivity index (χ4v) is 3.28. The number of carbonyl (C=O) groups is 1. The highest BCUT2D eigenvalue weighted by Gasteiger charge is 2.21. The van der Waals surface area contributed by atoms with E-state index in [1.165, 1.54) is 19.5 Å². The number of nitrogens with zero attached hydrogens (tertiary/aromatic N) is 1. The number of halogens is 1. The van der Waals surface area contributed by atoms with Crippen LogP contribution in [0.5, 0.6) is 0 Å². The van der Waals surface area contributed by atoms with Gasteiger partial charge in [0.25, 0.3) is 0 Å². The van der Waals surface area contributed by atoms with E-state index in [9.17, 15) is 4.79 Å². The van der Waals surface area contributed by atoms with Crippen LogP contribution in [0.4, 0.5) is 0 Å². The highest BCUT2D eigenvalue weighted by molar-refractivity contribution is 5.85. The number of nitrogens with one attached hydrogen (secondary N) is 1. The van der Waals surface area contributed by atoms with Crippen LogP contribution in [0.25, 0.3) is 0 Å². The van der Waals surface area contributed by atoms with E-state index in [1.54, 1.807) is 0 Å². The molecule has 0 aliphatic carbocycles. The van der Waals surface area contributed by atoms with Crippen LogP contribution in [-0.2, 0) is 4.79 Å². The fourth-order valence-electron chi connectivity index (χ4n) is 3.28. The zero-order valence-electron chi connectivity index (χ0n) is 14.8. The number of piperidine rings is 1. The smallest absolute Gasteiger partial charge is 0.237 e. The average Bonchev–Trinajstić information content (AvgIpc) is 2.44. The summed E-state index contributed by atoms with van der Waals surface area (Å²) in [7, 11) is 0. The van der Waals surface area contributed by atoms with Crippen LogP contribution in [0.2, 0.25) is 0 Å². The number of rotatable bonds is 8. The lowest BCUT2D eigenvalue weighted by Crippen LogP contribution is -2.45. The second-order valence-electron chi connectivity index (χ2n) is 7.12. The number of hydrogen-bond acceptors (Lipinski definition) is 3. The van der Waals surface area contributed by atoms with Gasteiger partial charge in [-0.25, -0.2) is 0 Å². The average molecular weight is 334 g/mol. The molecule has 0 saturated carbocycles. The zero-order valence-corrected chi connectivity index (χ0v) is 15.6. The predicted octanol–water partition coefficient (Wildman–Crippen LogP) is 2.66. The molecule has 0 spiro atoms. The van der Waals surface area contributed by atoms with Crippen molar-refractivity contribution in [2.75, 3.05) is 26.2 Å². The van der Waals surface area contributed by atoms with Gasteiger partial charge in [0, 0.05) is 19.6 Å². The Hall–Kier alpha value is -0.320. The Labute approximate surface area is 143 Å². The Morgan fingerprint density at radius 1 is 1.27 bits per heavy atom. The summed E-state index contributed by atoms with van der Waals surface area (Å²) in [6, 6.07) is -0.362. The fraction of sp³-hybridized carbons (Fsp3) is 0.941. The lowest BCUT2D eigenvalue weighted by Gasteiger charge is -2.34. The summed E-state index contributed by atoms with van der Waals surface area (Å²) in [4.78, 5) is 14.4. The molecule has 1 aliphatic heterocycles. The number of likely N-dealkylation sites (tertiary alicyclic amines) is 1. The van der Waals surface area contributed by atoms with Crippen molar-refractivity contribution in [1.82, 2.24) is 10.2 Å². The SMILES string of the molecule is CCC(C)C(N)C(=O)NCCCCN1CC(C)CC(C)C1.Cl. The molecule has 1 amide bonds. The predicted molar refractivity (Wildman–Crippen MR) is 96.3 cm³/mol. The number of amides is 1. The van der Waals surface area contributed by atoms with Gasteiger partial charge in [0.05, 0.1) is 6.04 Å². The van der Waals surface area contributed by atoms with Gasteiger partial charge in [0.2, 0.25) is 5.91 Å². The molecule has 22 heavy (non-hydrogen) atoms. The molecule has 0 aromatic rings. The molecule has 1 fully saturated rings. The summed E-state index contributed by atoms with van der Waals surface area (Å²) >= 11 is 0. The van der Waals surface area contributed by atoms with Crippen molar-refractivity contribution < 1.29 is 4.79 Å². The van der Waals surface area contributed by atoms with Crippen molar-refractivity contribution in [3.05, 3.63) is 0 Å². The van der Waals surface area contributed by atoms with Gasteiger partial charge in [0.1, 0.15) is 0 Å². The first-order valence-electron chi connectivity index (χ1n) is 8.69. The van der Waals surface area contributed by atoms with E-state index in [-0.39, 0.29) is 30.3 Å². The summed E-state index contributed by atoms with van der Waals surface area (Å²) < 4.78 is 0. The summed E-state index contributed by atoms with van der Waals surface area (Å²) in [6.07, 6.45) is 4.50. The van der Waals surface area contributed by atoms with Gasteiger partial charge < -0.3 is 16.0 Å². The van der Waals surface area contributed by atoms with Gasteiger partial charge in [-0.15, -0.1) is 12.4 Å². The molecular formula is C17H36ClN3O. The zero-order chi connectivity index (χ0) is 15.8. The van der Waals surface area contributed by atoms with Gasteiger partial charge in [-0.3, -0.25) is 4.79 Å². The monoisotopic (exact) mass is 333 g/mol. The van der Waals surface area contributed by atoms with E-state index < -0.39 is 0 Å². The van der Waals surface area contributed by atoms with Crippen LogP contribution in [-0.4, -0.2) is 43.0 Å². The largest absolute Gasteiger partial charge is 0.355 e. The van der Waals surface area contributed by atoms with E-state index >= 15 is 0 Å². The maximum Gasteiger partial charge on any atom is 0.237 e. The van der Waals surface area contributed by atoms with Gasteiger partial charge in [-0.05, 0) is 43.6 Å².